The summed E-state index contributed by atoms with van der Waals surface area (Å²) < 4.78 is 11.2. The molecule has 23 heavy (non-hydrogen) atoms. The third kappa shape index (κ3) is 3.55. The van der Waals surface area contributed by atoms with Crippen molar-refractivity contribution in [2.45, 2.75) is 67.5 Å². The van der Waals surface area contributed by atoms with Crippen molar-refractivity contribution in [1.82, 2.24) is 0 Å². The van der Waals surface area contributed by atoms with Crippen LogP contribution in [0, 0.1) is 0 Å². The molecular weight excluding hydrogens is 308 g/mol. The van der Waals surface area contributed by atoms with Gasteiger partial charge < -0.3 is 47.1 Å². The predicted octanol–water partition coefficient (Wildman–Crippen LogP) is -4.37. The van der Waals surface area contributed by atoms with E-state index in [1.54, 1.807) is 0 Å². The van der Waals surface area contributed by atoms with Gasteiger partial charge in [0.15, 0.2) is 6.29 Å². The third-order valence-electron chi connectivity index (χ3n) is 4.49. The van der Waals surface area contributed by atoms with E-state index in [4.69, 9.17) is 26.7 Å². The van der Waals surface area contributed by atoms with Crippen molar-refractivity contribution in [2.24, 2.45) is 22.2 Å². The number of rotatable bonds is 4. The number of hydrogen-bond donors (Lipinski definition) is 7. The van der Waals surface area contributed by atoms with Gasteiger partial charge in [-0.3, -0.25) is 4.99 Å². The second kappa shape index (κ2) is 7.47. The van der Waals surface area contributed by atoms with Crippen molar-refractivity contribution in [2.75, 3.05) is 6.54 Å². The van der Waals surface area contributed by atoms with Crippen molar-refractivity contribution in [1.29, 1.82) is 0 Å². The van der Waals surface area contributed by atoms with E-state index in [1.807, 2.05) is 0 Å². The number of aliphatic hydroxyl groups excluding tert-OH is 4. The molecule has 0 aromatic heterocycles. The number of hydrogen-bond acceptors (Lipinski definition) is 10. The molecule has 4 unspecified atom stereocenters. The maximum absolute atomic E-state index is 10.1. The van der Waals surface area contributed by atoms with Crippen LogP contribution < -0.4 is 17.2 Å². The first-order chi connectivity index (χ1) is 10.8. The molecule has 10 atom stereocenters. The third-order valence-corrected chi connectivity index (χ3v) is 4.49. The highest BCUT2D eigenvalue weighted by Crippen LogP contribution is 2.28. The minimum absolute atomic E-state index is 0.0469. The van der Waals surface area contributed by atoms with E-state index in [2.05, 4.69) is 11.7 Å². The summed E-state index contributed by atoms with van der Waals surface area (Å²) in [5, 5.41) is 40.0. The van der Waals surface area contributed by atoms with Crippen LogP contribution in [0.3, 0.4) is 0 Å². The Kier molecular flexibility index (Phi) is 6.05. The van der Waals surface area contributed by atoms with Gasteiger partial charge in [-0.25, -0.2) is 0 Å². The van der Waals surface area contributed by atoms with Gasteiger partial charge >= 0.3 is 0 Å². The zero-order valence-electron chi connectivity index (χ0n) is 12.7. The number of nitrogens with zero attached hydrogens (tertiary/aromatic N) is 1. The average molecular weight is 334 g/mol. The van der Waals surface area contributed by atoms with Crippen LogP contribution in [-0.2, 0) is 9.47 Å². The summed E-state index contributed by atoms with van der Waals surface area (Å²) in [5.74, 6) is 0. The minimum Gasteiger partial charge on any atom is -0.389 e. The summed E-state index contributed by atoms with van der Waals surface area (Å²) in [7, 11) is 0. The maximum Gasteiger partial charge on any atom is 0.183 e. The molecule has 0 aromatic carbocycles. The lowest BCUT2D eigenvalue weighted by Crippen LogP contribution is -2.65. The molecule has 1 saturated carbocycles. The molecule has 1 saturated heterocycles. The Balaban J connectivity index is 2.14. The van der Waals surface area contributed by atoms with Gasteiger partial charge in [0.25, 0.3) is 0 Å². The topological polar surface area (TPSA) is 190 Å². The highest BCUT2D eigenvalue weighted by molar-refractivity contribution is 5.25. The van der Waals surface area contributed by atoms with Crippen molar-refractivity contribution in [3.05, 3.63) is 0 Å². The molecule has 10 heteroatoms. The molecule has 0 amide bonds. The van der Waals surface area contributed by atoms with Crippen molar-refractivity contribution in [3.63, 3.8) is 0 Å². The Labute approximate surface area is 133 Å². The summed E-state index contributed by atoms with van der Waals surface area (Å²) in [6.45, 7) is 3.31. The average Bonchev–Trinajstić information content (AvgIpc) is 2.52. The molecule has 2 fully saturated rings. The van der Waals surface area contributed by atoms with E-state index in [-0.39, 0.29) is 13.0 Å². The summed E-state index contributed by atoms with van der Waals surface area (Å²) in [5.41, 5.74) is 17.1. The molecule has 1 aliphatic heterocycles. The first-order valence-electron chi connectivity index (χ1n) is 7.52. The lowest BCUT2D eigenvalue weighted by molar-refractivity contribution is -0.287. The smallest absolute Gasteiger partial charge is 0.183 e. The van der Waals surface area contributed by atoms with Gasteiger partial charge in [-0.1, -0.05) is 0 Å². The first-order valence-corrected chi connectivity index (χ1v) is 7.52. The van der Waals surface area contributed by atoms with Crippen LogP contribution in [0.1, 0.15) is 6.42 Å². The molecule has 10 nitrogen and oxygen atoms in total. The van der Waals surface area contributed by atoms with Gasteiger partial charge in [0.1, 0.15) is 36.6 Å². The summed E-state index contributed by atoms with van der Waals surface area (Å²) in [4.78, 5) is 3.72. The van der Waals surface area contributed by atoms with Crippen LogP contribution >= 0.6 is 0 Å². The standard InChI is InChI=1S/C13H26N4O6/c1-17-7-10(20)9(19)6(3-14)22-13(7)23-12-5(16)2-4(15)8(18)11(12)21/h4-13,18-21H,1-3,14-16H2/t4-,5?,6?,7?,8?,9-,10-,11-,12-,13-/m1/s1. The second-order valence-corrected chi connectivity index (χ2v) is 6.08. The van der Waals surface area contributed by atoms with Crippen LogP contribution in [-0.4, -0.2) is 94.7 Å². The molecule has 2 rings (SSSR count). The van der Waals surface area contributed by atoms with Gasteiger partial charge in [0.2, 0.25) is 0 Å². The highest BCUT2D eigenvalue weighted by atomic mass is 16.7. The monoisotopic (exact) mass is 334 g/mol. The van der Waals surface area contributed by atoms with E-state index in [9.17, 15) is 20.4 Å². The molecule has 0 radical (unpaired) electrons. The van der Waals surface area contributed by atoms with Gasteiger partial charge in [-0.05, 0) is 13.1 Å². The van der Waals surface area contributed by atoms with E-state index in [0.29, 0.717) is 0 Å². The van der Waals surface area contributed by atoms with Gasteiger partial charge in [-0.15, -0.1) is 0 Å². The molecule has 0 bridgehead atoms. The van der Waals surface area contributed by atoms with Crippen molar-refractivity contribution in [3.8, 4) is 0 Å². The highest BCUT2D eigenvalue weighted by Gasteiger charge is 2.48. The number of aliphatic imine (C=N–C) groups is 1. The first kappa shape index (κ1) is 18.6. The van der Waals surface area contributed by atoms with Gasteiger partial charge in [0.05, 0.1) is 6.10 Å². The van der Waals surface area contributed by atoms with Crippen LogP contribution in [0.15, 0.2) is 4.99 Å². The Morgan fingerprint density at radius 2 is 1.70 bits per heavy atom. The Bertz CT molecular complexity index is 416. The van der Waals surface area contributed by atoms with E-state index in [1.165, 1.54) is 0 Å². The Morgan fingerprint density at radius 3 is 2.26 bits per heavy atom. The number of nitrogens with two attached hydrogens (primary N) is 3. The Hall–Kier alpha value is -0.690. The van der Waals surface area contributed by atoms with Gasteiger partial charge in [-0.2, -0.15) is 0 Å². The SMILES string of the molecule is C=NC1[C@@H](O[C@@H]2C(N)C[C@@H](N)C(O)[C@H]2O)OC(CN)[C@@H](O)[C@@H]1O. The zero-order valence-corrected chi connectivity index (χ0v) is 12.7. The van der Waals surface area contributed by atoms with Crippen LogP contribution in [0.5, 0.6) is 0 Å². The molecule has 0 aromatic rings. The van der Waals surface area contributed by atoms with E-state index >= 15 is 0 Å². The summed E-state index contributed by atoms with van der Waals surface area (Å²) >= 11 is 0. The van der Waals surface area contributed by atoms with Crippen LogP contribution in [0.25, 0.3) is 0 Å². The summed E-state index contributed by atoms with van der Waals surface area (Å²) in [6.07, 6.45) is -7.75. The van der Waals surface area contributed by atoms with Crippen LogP contribution in [0.4, 0.5) is 0 Å². The predicted molar refractivity (Wildman–Crippen MR) is 80.5 cm³/mol. The largest absolute Gasteiger partial charge is 0.389 e. The second-order valence-electron chi connectivity index (χ2n) is 6.08. The molecular formula is C13H26N4O6. The molecule has 1 aliphatic carbocycles. The lowest BCUT2D eigenvalue weighted by atomic mass is 9.84. The van der Waals surface area contributed by atoms with E-state index < -0.39 is 61.0 Å². The normalized spacial score (nSPS) is 51.4. The lowest BCUT2D eigenvalue weighted by Gasteiger charge is -2.45. The van der Waals surface area contributed by atoms with Crippen molar-refractivity contribution >= 4 is 6.72 Å². The van der Waals surface area contributed by atoms with E-state index in [0.717, 1.165) is 0 Å². The quantitative estimate of drug-likeness (QED) is 0.249. The fraction of sp³-hybridized carbons (Fsp3) is 0.923. The maximum atomic E-state index is 10.1. The molecule has 1 heterocycles. The molecule has 2 aliphatic rings. The number of ether oxygens (including phenoxy) is 2. The molecule has 134 valence electrons. The number of aliphatic hydroxyl groups is 4. The fourth-order valence-electron chi connectivity index (χ4n) is 3.04. The Morgan fingerprint density at radius 1 is 1.04 bits per heavy atom. The van der Waals surface area contributed by atoms with Crippen molar-refractivity contribution < 1.29 is 29.9 Å². The minimum atomic E-state index is -1.32. The molecule has 10 N–H and O–H groups in total. The van der Waals surface area contributed by atoms with Gasteiger partial charge in [0, 0.05) is 18.6 Å². The molecule has 0 spiro atoms. The zero-order chi connectivity index (χ0) is 17.3. The fourth-order valence-corrected chi connectivity index (χ4v) is 3.04. The summed E-state index contributed by atoms with van der Waals surface area (Å²) in [6, 6.07) is -2.29. The van der Waals surface area contributed by atoms with Crippen LogP contribution in [0.2, 0.25) is 0 Å².